The summed E-state index contributed by atoms with van der Waals surface area (Å²) >= 11 is 7.67. The van der Waals surface area contributed by atoms with Crippen LogP contribution in [0.25, 0.3) is 0 Å². The van der Waals surface area contributed by atoms with Crippen molar-refractivity contribution in [3.05, 3.63) is 29.3 Å². The average Bonchev–Trinajstić information content (AvgIpc) is 3.15. The molecule has 0 aliphatic carbocycles. The third-order valence-corrected chi connectivity index (χ3v) is 7.53. The molecular formula is C21H30ClN3O3S. The molecule has 0 aromatic heterocycles. The van der Waals surface area contributed by atoms with E-state index >= 15 is 0 Å². The highest BCUT2D eigenvalue weighted by atomic mass is 35.5. The van der Waals surface area contributed by atoms with E-state index in [0.717, 1.165) is 31.6 Å². The van der Waals surface area contributed by atoms with Gasteiger partial charge in [0.15, 0.2) is 6.61 Å². The molecule has 1 aromatic carbocycles. The van der Waals surface area contributed by atoms with E-state index in [0.29, 0.717) is 29.8 Å². The number of carbonyl (C=O) groups excluding carboxylic acids is 2. The minimum atomic E-state index is -0.153. The molecule has 1 aromatic rings. The topological polar surface area (TPSA) is 70.7 Å². The second kappa shape index (κ2) is 10.0. The van der Waals surface area contributed by atoms with Gasteiger partial charge in [-0.05, 0) is 43.0 Å². The van der Waals surface area contributed by atoms with Gasteiger partial charge >= 0.3 is 0 Å². The molecule has 2 N–H and O–H groups in total. The predicted octanol–water partition coefficient (Wildman–Crippen LogP) is 2.90. The third-order valence-electron chi connectivity index (χ3n) is 5.70. The smallest absolute Gasteiger partial charge is 0.260 e. The molecule has 6 nitrogen and oxygen atoms in total. The Hall–Kier alpha value is -1.44. The Labute approximate surface area is 182 Å². The Morgan fingerprint density at radius 2 is 2.03 bits per heavy atom. The first-order valence-electron chi connectivity index (χ1n) is 10.3. The van der Waals surface area contributed by atoms with Crippen LogP contribution in [0.4, 0.5) is 0 Å². The first-order chi connectivity index (χ1) is 13.9. The molecule has 0 saturated carbocycles. The number of rotatable bonds is 7. The second-order valence-corrected chi connectivity index (χ2v) is 9.72. The molecule has 2 atom stereocenters. The molecule has 29 heavy (non-hydrogen) atoms. The normalized spacial score (nSPS) is 21.8. The number of piperidine rings is 1. The Morgan fingerprint density at radius 1 is 1.34 bits per heavy atom. The highest BCUT2D eigenvalue weighted by molar-refractivity contribution is 8.01. The van der Waals surface area contributed by atoms with E-state index < -0.39 is 0 Å². The van der Waals surface area contributed by atoms with Crippen molar-refractivity contribution in [3.63, 3.8) is 0 Å². The van der Waals surface area contributed by atoms with Gasteiger partial charge in [0.25, 0.3) is 5.91 Å². The van der Waals surface area contributed by atoms with Crippen molar-refractivity contribution >= 4 is 35.2 Å². The summed E-state index contributed by atoms with van der Waals surface area (Å²) in [5.41, 5.74) is 0. The van der Waals surface area contributed by atoms with E-state index in [4.69, 9.17) is 16.3 Å². The van der Waals surface area contributed by atoms with E-state index in [1.165, 1.54) is 0 Å². The lowest BCUT2D eigenvalue weighted by Crippen LogP contribution is -2.55. The summed E-state index contributed by atoms with van der Waals surface area (Å²) in [5, 5.41) is 7.23. The number of amides is 2. The molecule has 2 heterocycles. The van der Waals surface area contributed by atoms with Gasteiger partial charge in [-0.2, -0.15) is 0 Å². The van der Waals surface area contributed by atoms with Crippen molar-refractivity contribution in [2.45, 2.75) is 44.0 Å². The Balaban J connectivity index is 1.42. The van der Waals surface area contributed by atoms with Gasteiger partial charge in [0.2, 0.25) is 5.91 Å². The summed E-state index contributed by atoms with van der Waals surface area (Å²) in [6.07, 6.45) is 2.72. The number of ether oxygens (including phenoxy) is 1. The number of nitrogens with zero attached hydrogens (tertiary/aromatic N) is 1. The van der Waals surface area contributed by atoms with Crippen LogP contribution in [-0.4, -0.2) is 59.6 Å². The maximum Gasteiger partial charge on any atom is 0.260 e. The summed E-state index contributed by atoms with van der Waals surface area (Å²) in [6, 6.07) is 6.84. The third kappa shape index (κ3) is 6.03. The maximum atomic E-state index is 12.5. The number of carbonyl (C=O) groups is 2. The minimum Gasteiger partial charge on any atom is -0.484 e. The van der Waals surface area contributed by atoms with Crippen LogP contribution in [0.2, 0.25) is 5.02 Å². The van der Waals surface area contributed by atoms with Crippen LogP contribution in [-0.2, 0) is 9.59 Å². The number of halogens is 1. The van der Waals surface area contributed by atoms with E-state index in [1.807, 2.05) is 16.7 Å². The monoisotopic (exact) mass is 439 g/mol. The molecule has 2 aliphatic rings. The van der Waals surface area contributed by atoms with Gasteiger partial charge in [0.05, 0.1) is 10.9 Å². The average molecular weight is 440 g/mol. The molecule has 8 heteroatoms. The predicted molar refractivity (Wildman–Crippen MR) is 117 cm³/mol. The zero-order valence-corrected chi connectivity index (χ0v) is 18.7. The standard InChI is InChI=1S/C21H30ClN3O3S/c1-3-15(2)12-23-20(27)18-14-29-21(24-18)8-10-25(11-9-21)19(26)13-28-17-6-4-16(22)5-7-17/h4-7,15,18,24H,3,8-14H2,1-2H3,(H,23,27). The van der Waals surface area contributed by atoms with Crippen LogP contribution in [0.1, 0.15) is 33.1 Å². The highest BCUT2D eigenvalue weighted by Gasteiger charge is 2.44. The van der Waals surface area contributed by atoms with Gasteiger partial charge in [-0.3, -0.25) is 14.9 Å². The van der Waals surface area contributed by atoms with Crippen LogP contribution >= 0.6 is 23.4 Å². The van der Waals surface area contributed by atoms with Crippen LogP contribution in [0.15, 0.2) is 24.3 Å². The number of likely N-dealkylation sites (tertiary alicyclic amines) is 1. The van der Waals surface area contributed by atoms with Crippen LogP contribution in [0, 0.1) is 5.92 Å². The van der Waals surface area contributed by atoms with E-state index in [1.54, 1.807) is 24.3 Å². The molecule has 1 spiro atoms. The first-order valence-corrected chi connectivity index (χ1v) is 11.6. The largest absolute Gasteiger partial charge is 0.484 e. The quantitative estimate of drug-likeness (QED) is 0.683. The maximum absolute atomic E-state index is 12.5. The Morgan fingerprint density at radius 3 is 2.69 bits per heavy atom. The molecule has 160 valence electrons. The summed E-state index contributed by atoms with van der Waals surface area (Å²) in [4.78, 5) is 26.6. The fraction of sp³-hybridized carbons (Fsp3) is 0.619. The Kier molecular flexibility index (Phi) is 7.71. The van der Waals surface area contributed by atoms with Crippen molar-refractivity contribution in [2.75, 3.05) is 32.0 Å². The number of hydrogen-bond acceptors (Lipinski definition) is 5. The molecular weight excluding hydrogens is 410 g/mol. The molecule has 2 saturated heterocycles. The van der Waals surface area contributed by atoms with Crippen LogP contribution in [0.5, 0.6) is 5.75 Å². The summed E-state index contributed by atoms with van der Waals surface area (Å²) < 4.78 is 5.57. The summed E-state index contributed by atoms with van der Waals surface area (Å²) in [6.45, 7) is 6.36. The number of nitrogens with one attached hydrogen (secondary N) is 2. The molecule has 0 bridgehead atoms. The molecule has 2 unspecified atom stereocenters. The van der Waals surface area contributed by atoms with Gasteiger partial charge in [-0.25, -0.2) is 0 Å². The fourth-order valence-electron chi connectivity index (χ4n) is 3.50. The molecule has 0 radical (unpaired) electrons. The first kappa shape index (κ1) is 22.2. The molecule has 2 amide bonds. The lowest BCUT2D eigenvalue weighted by molar-refractivity contribution is -0.134. The van der Waals surface area contributed by atoms with Gasteiger partial charge in [0, 0.05) is 30.4 Å². The van der Waals surface area contributed by atoms with E-state index in [-0.39, 0.29) is 29.3 Å². The lowest BCUT2D eigenvalue weighted by atomic mass is 10.0. The highest BCUT2D eigenvalue weighted by Crippen LogP contribution is 2.39. The summed E-state index contributed by atoms with van der Waals surface area (Å²) in [5.74, 6) is 1.98. The molecule has 2 fully saturated rings. The summed E-state index contributed by atoms with van der Waals surface area (Å²) in [7, 11) is 0. The van der Waals surface area contributed by atoms with Crippen molar-refractivity contribution < 1.29 is 14.3 Å². The van der Waals surface area contributed by atoms with E-state index in [2.05, 4.69) is 24.5 Å². The van der Waals surface area contributed by atoms with Gasteiger partial charge in [-0.1, -0.05) is 31.9 Å². The minimum absolute atomic E-state index is 0.0133. The second-order valence-electron chi connectivity index (χ2n) is 7.88. The number of thioether (sulfide) groups is 1. The van der Waals surface area contributed by atoms with Gasteiger partial charge in [0.1, 0.15) is 5.75 Å². The van der Waals surface area contributed by atoms with Crippen molar-refractivity contribution in [1.82, 2.24) is 15.5 Å². The molecule has 3 rings (SSSR count). The lowest BCUT2D eigenvalue weighted by Gasteiger charge is -2.39. The van der Waals surface area contributed by atoms with Crippen molar-refractivity contribution in [1.29, 1.82) is 0 Å². The van der Waals surface area contributed by atoms with Gasteiger partial charge < -0.3 is 15.0 Å². The van der Waals surface area contributed by atoms with E-state index in [9.17, 15) is 9.59 Å². The zero-order chi connectivity index (χ0) is 20.9. The number of benzene rings is 1. The molecule has 2 aliphatic heterocycles. The van der Waals surface area contributed by atoms with Crippen LogP contribution in [0.3, 0.4) is 0 Å². The van der Waals surface area contributed by atoms with Crippen molar-refractivity contribution in [3.8, 4) is 5.75 Å². The number of hydrogen-bond donors (Lipinski definition) is 2. The van der Waals surface area contributed by atoms with Gasteiger partial charge in [-0.15, -0.1) is 11.8 Å². The van der Waals surface area contributed by atoms with Crippen LogP contribution < -0.4 is 15.4 Å². The fourth-order valence-corrected chi connectivity index (χ4v) is 5.04. The SMILES string of the molecule is CCC(C)CNC(=O)C1CSC2(CCN(C(=O)COc3ccc(Cl)cc3)CC2)N1. The Bertz CT molecular complexity index is 708. The van der Waals surface area contributed by atoms with Crippen molar-refractivity contribution in [2.24, 2.45) is 5.92 Å². The zero-order valence-electron chi connectivity index (χ0n) is 17.1.